The van der Waals surface area contributed by atoms with Gasteiger partial charge in [-0.05, 0) is 32.1 Å². The van der Waals surface area contributed by atoms with Gasteiger partial charge in [-0.3, -0.25) is 0 Å². The molecule has 0 heterocycles. The number of hydrogen-bond donors (Lipinski definition) is 2. The molecule has 2 N–H and O–H groups in total. The summed E-state index contributed by atoms with van der Waals surface area (Å²) < 4.78 is 10.5. The molecule has 5 heteroatoms. The highest BCUT2D eigenvalue weighted by Gasteiger charge is 2.13. The van der Waals surface area contributed by atoms with Crippen LogP contribution in [0.25, 0.3) is 6.08 Å². The molecule has 0 radical (unpaired) electrons. The Balaban J connectivity index is 3.13. The van der Waals surface area contributed by atoms with Crippen molar-refractivity contribution in [1.29, 1.82) is 0 Å². The first kappa shape index (κ1) is 15.0. The zero-order valence-electron chi connectivity index (χ0n) is 11.4. The lowest BCUT2D eigenvalue weighted by molar-refractivity contribution is 0.0696. The Hall–Kier alpha value is -2.01. The first-order valence-electron chi connectivity index (χ1n) is 5.94. The molecule has 0 bridgehead atoms. The van der Waals surface area contributed by atoms with Crippen molar-refractivity contribution in [1.82, 2.24) is 5.32 Å². The fourth-order valence-electron chi connectivity index (χ4n) is 1.66. The van der Waals surface area contributed by atoms with E-state index in [9.17, 15) is 4.79 Å². The summed E-state index contributed by atoms with van der Waals surface area (Å²) in [5, 5.41) is 12.1. The van der Waals surface area contributed by atoms with E-state index in [-0.39, 0.29) is 5.56 Å². The lowest BCUT2D eigenvalue weighted by atomic mass is 10.1. The Kier molecular flexibility index (Phi) is 5.89. The molecular formula is C14H19NO4. The fraction of sp³-hybridized carbons (Fsp3) is 0.357. The third-order valence-corrected chi connectivity index (χ3v) is 2.64. The quantitative estimate of drug-likeness (QED) is 0.738. The molecule has 1 aromatic carbocycles. The SMILES string of the molecule is CNCCC=Cc1c(OC)cc(C(=O)O)cc1OC. The van der Waals surface area contributed by atoms with E-state index < -0.39 is 5.97 Å². The van der Waals surface area contributed by atoms with Crippen molar-refractivity contribution in [2.24, 2.45) is 0 Å². The molecule has 0 spiro atoms. The molecule has 19 heavy (non-hydrogen) atoms. The number of carboxylic acids is 1. The van der Waals surface area contributed by atoms with Gasteiger partial charge in [-0.15, -0.1) is 0 Å². The predicted octanol–water partition coefficient (Wildman–Crippen LogP) is 2.02. The largest absolute Gasteiger partial charge is 0.496 e. The van der Waals surface area contributed by atoms with E-state index >= 15 is 0 Å². The smallest absolute Gasteiger partial charge is 0.335 e. The fourth-order valence-corrected chi connectivity index (χ4v) is 1.66. The molecule has 0 aliphatic rings. The van der Waals surface area contributed by atoms with Gasteiger partial charge < -0.3 is 19.9 Å². The number of benzene rings is 1. The molecule has 0 aliphatic carbocycles. The van der Waals surface area contributed by atoms with Gasteiger partial charge in [0.25, 0.3) is 0 Å². The number of nitrogens with one attached hydrogen (secondary N) is 1. The number of ether oxygens (including phenoxy) is 2. The Morgan fingerprint density at radius 2 is 1.89 bits per heavy atom. The van der Waals surface area contributed by atoms with Crippen LogP contribution >= 0.6 is 0 Å². The van der Waals surface area contributed by atoms with Crippen LogP contribution < -0.4 is 14.8 Å². The summed E-state index contributed by atoms with van der Waals surface area (Å²) in [6, 6.07) is 2.98. The predicted molar refractivity (Wildman–Crippen MR) is 74.1 cm³/mol. The highest BCUT2D eigenvalue weighted by Crippen LogP contribution is 2.31. The van der Waals surface area contributed by atoms with Crippen LogP contribution in [0.2, 0.25) is 0 Å². The first-order valence-corrected chi connectivity index (χ1v) is 5.94. The van der Waals surface area contributed by atoms with E-state index in [0.29, 0.717) is 11.5 Å². The van der Waals surface area contributed by atoms with Gasteiger partial charge in [0.15, 0.2) is 0 Å². The van der Waals surface area contributed by atoms with Gasteiger partial charge in [0.2, 0.25) is 0 Å². The van der Waals surface area contributed by atoms with E-state index in [2.05, 4.69) is 5.32 Å². The molecule has 0 atom stereocenters. The van der Waals surface area contributed by atoms with Crippen LogP contribution in [0.3, 0.4) is 0 Å². The number of carbonyl (C=O) groups is 1. The lowest BCUT2D eigenvalue weighted by Crippen LogP contribution is -2.05. The van der Waals surface area contributed by atoms with Crippen LogP contribution in [0.1, 0.15) is 22.3 Å². The molecule has 104 valence electrons. The number of rotatable bonds is 7. The second kappa shape index (κ2) is 7.43. The molecule has 0 aliphatic heterocycles. The summed E-state index contributed by atoms with van der Waals surface area (Å²) in [5.74, 6) is -0.0442. The Labute approximate surface area is 112 Å². The van der Waals surface area contributed by atoms with Gasteiger partial charge >= 0.3 is 5.97 Å². The summed E-state index contributed by atoms with van der Waals surface area (Å²) in [4.78, 5) is 11.0. The average molecular weight is 265 g/mol. The Bertz CT molecular complexity index is 444. The lowest BCUT2D eigenvalue weighted by Gasteiger charge is -2.11. The zero-order chi connectivity index (χ0) is 14.3. The van der Waals surface area contributed by atoms with Crippen molar-refractivity contribution in [3.05, 3.63) is 29.3 Å². The molecule has 1 aromatic rings. The van der Waals surface area contributed by atoms with E-state index in [0.717, 1.165) is 18.5 Å². The van der Waals surface area contributed by atoms with E-state index in [4.69, 9.17) is 14.6 Å². The minimum Gasteiger partial charge on any atom is -0.496 e. The van der Waals surface area contributed by atoms with Crippen molar-refractivity contribution in [3.63, 3.8) is 0 Å². The molecule has 1 rings (SSSR count). The minimum absolute atomic E-state index is 0.140. The second-order valence-corrected chi connectivity index (χ2v) is 3.89. The summed E-state index contributed by atoms with van der Waals surface area (Å²) in [6.45, 7) is 0.869. The van der Waals surface area contributed by atoms with E-state index in [1.54, 1.807) is 0 Å². The Morgan fingerprint density at radius 1 is 1.32 bits per heavy atom. The van der Waals surface area contributed by atoms with Crippen molar-refractivity contribution < 1.29 is 19.4 Å². The van der Waals surface area contributed by atoms with Gasteiger partial charge in [0, 0.05) is 0 Å². The standard InChI is InChI=1S/C14H19NO4/c1-15-7-5-4-6-11-12(18-2)8-10(14(16)17)9-13(11)19-3/h4,6,8-9,15H,5,7H2,1-3H3,(H,16,17). The second-order valence-electron chi connectivity index (χ2n) is 3.89. The van der Waals surface area contributed by atoms with Crippen LogP contribution in [-0.4, -0.2) is 38.9 Å². The number of aromatic carboxylic acids is 1. The maximum Gasteiger partial charge on any atom is 0.335 e. The summed E-state index contributed by atoms with van der Waals surface area (Å²) in [7, 11) is 4.90. The third-order valence-electron chi connectivity index (χ3n) is 2.64. The van der Waals surface area contributed by atoms with Crippen LogP contribution in [-0.2, 0) is 0 Å². The van der Waals surface area contributed by atoms with Crippen LogP contribution in [0, 0.1) is 0 Å². The van der Waals surface area contributed by atoms with Crippen molar-refractivity contribution in [2.75, 3.05) is 27.8 Å². The molecule has 0 saturated carbocycles. The van der Waals surface area contributed by atoms with Crippen molar-refractivity contribution in [3.8, 4) is 11.5 Å². The normalized spacial score (nSPS) is 10.7. The first-order chi connectivity index (χ1) is 9.13. The molecular weight excluding hydrogens is 246 g/mol. The Morgan fingerprint density at radius 3 is 2.32 bits per heavy atom. The minimum atomic E-state index is -1.01. The van der Waals surface area contributed by atoms with Gasteiger partial charge in [-0.1, -0.05) is 12.2 Å². The summed E-state index contributed by atoms with van der Waals surface area (Å²) in [6.07, 6.45) is 4.72. The highest BCUT2D eigenvalue weighted by molar-refractivity contribution is 5.90. The van der Waals surface area contributed by atoms with Gasteiger partial charge in [-0.2, -0.15) is 0 Å². The molecule has 0 amide bonds. The summed E-state index contributed by atoms with van der Waals surface area (Å²) in [5.41, 5.74) is 0.882. The van der Waals surface area contributed by atoms with E-state index in [1.807, 2.05) is 19.2 Å². The van der Waals surface area contributed by atoms with Crippen LogP contribution in [0.5, 0.6) is 11.5 Å². The topological polar surface area (TPSA) is 67.8 Å². The molecule has 0 saturated heterocycles. The number of carboxylic acid groups (broad SMARTS) is 1. The molecule has 0 fully saturated rings. The van der Waals surface area contributed by atoms with E-state index in [1.165, 1.54) is 26.4 Å². The maximum absolute atomic E-state index is 11.0. The molecule has 5 nitrogen and oxygen atoms in total. The summed E-state index contributed by atoms with van der Waals surface area (Å²) >= 11 is 0. The van der Waals surface area contributed by atoms with Crippen molar-refractivity contribution >= 4 is 12.0 Å². The van der Waals surface area contributed by atoms with Gasteiger partial charge in [0.1, 0.15) is 11.5 Å². The van der Waals surface area contributed by atoms with Gasteiger partial charge in [-0.25, -0.2) is 4.79 Å². The monoisotopic (exact) mass is 265 g/mol. The number of methoxy groups -OCH3 is 2. The average Bonchev–Trinajstić information content (AvgIpc) is 2.42. The van der Waals surface area contributed by atoms with Gasteiger partial charge in [0.05, 0.1) is 25.3 Å². The number of hydrogen-bond acceptors (Lipinski definition) is 4. The zero-order valence-corrected chi connectivity index (χ0v) is 11.4. The van der Waals surface area contributed by atoms with Crippen LogP contribution in [0.4, 0.5) is 0 Å². The molecule has 0 unspecified atom stereocenters. The maximum atomic E-state index is 11.0. The highest BCUT2D eigenvalue weighted by atomic mass is 16.5. The van der Waals surface area contributed by atoms with Crippen LogP contribution in [0.15, 0.2) is 18.2 Å². The molecule has 0 aromatic heterocycles. The third kappa shape index (κ3) is 3.99. The van der Waals surface area contributed by atoms with Crippen molar-refractivity contribution in [2.45, 2.75) is 6.42 Å².